The first-order valence-electron chi connectivity index (χ1n) is 10.7. The van der Waals surface area contributed by atoms with Gasteiger partial charge in [-0.05, 0) is 56.5 Å². The second kappa shape index (κ2) is 7.92. The number of aryl methyl sites for hydroxylation is 1. The molecule has 5 rings (SSSR count). The number of fused-ring (bicyclic) bond motifs is 1. The van der Waals surface area contributed by atoms with Crippen molar-refractivity contribution in [2.75, 3.05) is 26.2 Å². The minimum Gasteiger partial charge on any atom is -0.353 e. The lowest BCUT2D eigenvalue weighted by Crippen LogP contribution is -2.44. The van der Waals surface area contributed by atoms with Gasteiger partial charge in [-0.2, -0.15) is 0 Å². The standard InChI is InChI=1S/C23H28N4OS/c1-25-12-5-9-19(25)20-10-6-13-26(20)16-22(28)27-14-4-7-17(15-27)23-24-18-8-2-3-11-21(18)29-23/h2-3,5,8-9,11-12,17,20H,4,6-7,10,13-16H2,1H3/t17-,20-/m0/s1. The molecule has 2 saturated heterocycles. The van der Waals surface area contributed by atoms with Gasteiger partial charge in [0.05, 0.1) is 27.8 Å². The largest absolute Gasteiger partial charge is 0.353 e. The van der Waals surface area contributed by atoms with E-state index in [1.54, 1.807) is 11.3 Å². The quantitative estimate of drug-likeness (QED) is 0.650. The number of amides is 1. The number of carbonyl (C=O) groups is 1. The molecule has 6 heteroatoms. The maximum Gasteiger partial charge on any atom is 0.236 e. The Labute approximate surface area is 175 Å². The maximum absolute atomic E-state index is 13.2. The van der Waals surface area contributed by atoms with Crippen LogP contribution in [0.3, 0.4) is 0 Å². The third-order valence-electron chi connectivity index (χ3n) is 6.46. The summed E-state index contributed by atoms with van der Waals surface area (Å²) >= 11 is 1.79. The molecule has 29 heavy (non-hydrogen) atoms. The second-order valence-electron chi connectivity index (χ2n) is 8.37. The molecule has 3 aromatic rings. The van der Waals surface area contributed by atoms with Crippen molar-refractivity contribution >= 4 is 27.5 Å². The van der Waals surface area contributed by atoms with Gasteiger partial charge in [0.1, 0.15) is 0 Å². The predicted octanol–water partition coefficient (Wildman–Crippen LogP) is 4.18. The van der Waals surface area contributed by atoms with E-state index in [1.807, 2.05) is 6.07 Å². The van der Waals surface area contributed by atoms with E-state index in [1.165, 1.54) is 15.4 Å². The molecular formula is C23H28N4OS. The highest BCUT2D eigenvalue weighted by Crippen LogP contribution is 2.34. The molecule has 0 bridgehead atoms. The van der Waals surface area contributed by atoms with Crippen LogP contribution in [0, 0.1) is 0 Å². The highest BCUT2D eigenvalue weighted by Gasteiger charge is 2.32. The molecule has 0 aliphatic carbocycles. The average Bonchev–Trinajstić information content (AvgIpc) is 3.47. The molecule has 0 N–H and O–H groups in total. The molecule has 1 amide bonds. The van der Waals surface area contributed by atoms with Gasteiger partial charge >= 0.3 is 0 Å². The molecule has 5 nitrogen and oxygen atoms in total. The van der Waals surface area contributed by atoms with Crippen molar-refractivity contribution in [1.82, 2.24) is 19.4 Å². The summed E-state index contributed by atoms with van der Waals surface area (Å²) in [5.74, 6) is 0.643. The van der Waals surface area contributed by atoms with Gasteiger partial charge in [-0.15, -0.1) is 11.3 Å². The molecule has 2 fully saturated rings. The van der Waals surface area contributed by atoms with Crippen molar-refractivity contribution in [1.29, 1.82) is 0 Å². The Bertz CT molecular complexity index is 976. The molecule has 0 saturated carbocycles. The number of para-hydroxylation sites is 1. The van der Waals surface area contributed by atoms with E-state index >= 15 is 0 Å². The van der Waals surface area contributed by atoms with Crippen molar-refractivity contribution in [3.8, 4) is 0 Å². The third kappa shape index (κ3) is 3.71. The van der Waals surface area contributed by atoms with Gasteiger partial charge in [0.25, 0.3) is 0 Å². The third-order valence-corrected chi connectivity index (χ3v) is 7.66. The Morgan fingerprint density at radius 2 is 2.00 bits per heavy atom. The van der Waals surface area contributed by atoms with Gasteiger partial charge in [-0.3, -0.25) is 9.69 Å². The summed E-state index contributed by atoms with van der Waals surface area (Å²) in [7, 11) is 2.10. The summed E-state index contributed by atoms with van der Waals surface area (Å²) in [4.78, 5) is 22.5. The van der Waals surface area contributed by atoms with E-state index in [-0.39, 0.29) is 5.91 Å². The predicted molar refractivity (Wildman–Crippen MR) is 117 cm³/mol. The van der Waals surface area contributed by atoms with Gasteiger partial charge in [-0.1, -0.05) is 12.1 Å². The zero-order valence-corrected chi connectivity index (χ0v) is 17.8. The molecule has 152 valence electrons. The van der Waals surface area contributed by atoms with Crippen LogP contribution in [0.5, 0.6) is 0 Å². The molecule has 2 atom stereocenters. The molecule has 1 aromatic carbocycles. The second-order valence-corrected chi connectivity index (χ2v) is 9.43. The van der Waals surface area contributed by atoms with Crippen LogP contribution in [0.1, 0.15) is 48.3 Å². The summed E-state index contributed by atoms with van der Waals surface area (Å²) in [6.45, 7) is 3.23. The van der Waals surface area contributed by atoms with E-state index in [0.717, 1.165) is 50.8 Å². The zero-order chi connectivity index (χ0) is 19.8. The van der Waals surface area contributed by atoms with Crippen LogP contribution in [0.15, 0.2) is 42.6 Å². The average molecular weight is 409 g/mol. The molecule has 0 spiro atoms. The number of aromatic nitrogens is 2. The first-order chi connectivity index (χ1) is 14.2. The minimum absolute atomic E-state index is 0.275. The number of thiazole rings is 1. The van der Waals surface area contributed by atoms with E-state index in [4.69, 9.17) is 4.98 Å². The number of rotatable bonds is 4. The fourth-order valence-corrected chi connectivity index (χ4v) is 6.01. The van der Waals surface area contributed by atoms with Gasteiger partial charge in [0.2, 0.25) is 5.91 Å². The SMILES string of the molecule is Cn1cccc1[C@@H]1CCCN1CC(=O)N1CCC[C@H](c2nc3ccccc3s2)C1. The Kier molecular flexibility index (Phi) is 5.14. The summed E-state index contributed by atoms with van der Waals surface area (Å²) in [6.07, 6.45) is 6.59. The Morgan fingerprint density at radius 1 is 1.14 bits per heavy atom. The van der Waals surface area contributed by atoms with Gasteiger partial charge in [-0.25, -0.2) is 4.98 Å². The lowest BCUT2D eigenvalue weighted by Gasteiger charge is -2.34. The van der Waals surface area contributed by atoms with Crippen LogP contribution in [0.4, 0.5) is 0 Å². The van der Waals surface area contributed by atoms with Crippen molar-refractivity contribution in [3.63, 3.8) is 0 Å². The number of carbonyl (C=O) groups excluding carboxylic acids is 1. The van der Waals surface area contributed by atoms with E-state index < -0.39 is 0 Å². The summed E-state index contributed by atoms with van der Waals surface area (Å²) < 4.78 is 3.44. The summed E-state index contributed by atoms with van der Waals surface area (Å²) in [6, 6.07) is 13.0. The number of nitrogens with zero attached hydrogens (tertiary/aromatic N) is 4. The van der Waals surface area contributed by atoms with E-state index in [2.05, 4.69) is 57.9 Å². The monoisotopic (exact) mass is 408 g/mol. The van der Waals surface area contributed by atoms with Crippen LogP contribution in [0.2, 0.25) is 0 Å². The molecule has 2 aliphatic heterocycles. The van der Waals surface area contributed by atoms with Gasteiger partial charge in [0, 0.05) is 37.9 Å². The Hall–Kier alpha value is -2.18. The lowest BCUT2D eigenvalue weighted by atomic mass is 9.98. The summed E-state index contributed by atoms with van der Waals surface area (Å²) in [5, 5.41) is 1.19. The zero-order valence-electron chi connectivity index (χ0n) is 17.0. The first kappa shape index (κ1) is 18.8. The fourth-order valence-electron chi connectivity index (χ4n) is 4.91. The topological polar surface area (TPSA) is 41.4 Å². The van der Waals surface area contributed by atoms with Gasteiger partial charge < -0.3 is 9.47 Å². The van der Waals surface area contributed by atoms with Crippen molar-refractivity contribution in [2.24, 2.45) is 7.05 Å². The highest BCUT2D eigenvalue weighted by molar-refractivity contribution is 7.18. The Balaban J connectivity index is 1.27. The number of piperidine rings is 1. The molecule has 4 heterocycles. The lowest BCUT2D eigenvalue weighted by molar-refractivity contribution is -0.133. The molecular weight excluding hydrogens is 380 g/mol. The number of hydrogen-bond acceptors (Lipinski definition) is 4. The minimum atomic E-state index is 0.275. The van der Waals surface area contributed by atoms with Crippen LogP contribution >= 0.6 is 11.3 Å². The normalized spacial score (nSPS) is 23.1. The number of likely N-dealkylation sites (tertiary alicyclic amines) is 2. The Morgan fingerprint density at radius 3 is 2.83 bits per heavy atom. The highest BCUT2D eigenvalue weighted by atomic mass is 32.1. The van der Waals surface area contributed by atoms with E-state index in [0.29, 0.717) is 18.5 Å². The van der Waals surface area contributed by atoms with E-state index in [9.17, 15) is 4.79 Å². The first-order valence-corrected chi connectivity index (χ1v) is 11.5. The van der Waals surface area contributed by atoms with Crippen LogP contribution in [-0.2, 0) is 11.8 Å². The number of hydrogen-bond donors (Lipinski definition) is 0. The fraction of sp³-hybridized carbons (Fsp3) is 0.478. The molecule has 2 aliphatic rings. The van der Waals surface area contributed by atoms with Crippen LogP contribution < -0.4 is 0 Å². The van der Waals surface area contributed by atoms with Gasteiger partial charge in [0.15, 0.2) is 0 Å². The molecule has 2 aromatic heterocycles. The summed E-state index contributed by atoms with van der Waals surface area (Å²) in [5.41, 5.74) is 2.40. The maximum atomic E-state index is 13.2. The molecule has 0 unspecified atom stereocenters. The van der Waals surface area contributed by atoms with Crippen molar-refractivity contribution in [2.45, 2.75) is 37.6 Å². The smallest absolute Gasteiger partial charge is 0.236 e. The van der Waals surface area contributed by atoms with Crippen molar-refractivity contribution in [3.05, 3.63) is 53.3 Å². The van der Waals surface area contributed by atoms with Crippen LogP contribution in [-0.4, -0.2) is 51.4 Å². The van der Waals surface area contributed by atoms with Crippen LogP contribution in [0.25, 0.3) is 10.2 Å². The molecule has 0 radical (unpaired) electrons. The number of benzene rings is 1. The van der Waals surface area contributed by atoms with Crippen molar-refractivity contribution < 1.29 is 4.79 Å².